The lowest BCUT2D eigenvalue weighted by molar-refractivity contribution is -0.156. The lowest BCUT2D eigenvalue weighted by Gasteiger charge is -2.37. The van der Waals surface area contributed by atoms with E-state index in [1.54, 1.807) is 13.3 Å². The molecule has 4 aromatic heterocycles. The molecule has 1 aromatic carbocycles. The fourth-order valence-electron chi connectivity index (χ4n) is 10.4. The fraction of sp³-hybridized carbons (Fsp3) is 0.529. The molecule has 2 N–H and O–H groups in total. The zero-order valence-electron chi connectivity index (χ0n) is 40.1. The summed E-state index contributed by atoms with van der Waals surface area (Å²) in [4.78, 5) is 62.9. The molecule has 2 saturated heterocycles. The molecule has 4 aliphatic rings. The Kier molecular flexibility index (Phi) is 13.6. The number of thiazole rings is 1. The highest BCUT2D eigenvalue weighted by molar-refractivity contribution is 7.10. The monoisotopic (exact) mass is 931 g/mol. The number of hydrogen-bond donors (Lipinski definition) is 2. The standard InChI is InChI=1S/C51H65N9O6S/c1-9-59-40-17-16-32-24-34(40)36(45(59)35-25-33(27-53-43(35)31(4)64-8)58-22-20-57(7)21-23-58)26-51(5,6)29-66-50(63)38-15-13-19-60(56-38)49(62)44(46(65-10-2)48-54-39(32)28-67-48)55-47(61)42-30(3)41(42)37-14-11-12-18-52-37/h11-12,14,16-18,24-25,27-28,30-31,38,41-42,44,46,56H,9-10,13,15,19-23,26,29H2,1-8H3,(H,55,61)/t30-,31-,38-,41-,42+,44-,46-/m0/s1. The molecule has 0 unspecified atom stereocenters. The Balaban J connectivity index is 1.17. The zero-order valence-corrected chi connectivity index (χ0v) is 40.9. The Bertz CT molecular complexity index is 2610. The second kappa shape index (κ2) is 19.4. The van der Waals surface area contributed by atoms with Crippen molar-refractivity contribution >= 4 is 45.7 Å². The van der Waals surface area contributed by atoms with Crippen LogP contribution in [0.2, 0.25) is 0 Å². The summed E-state index contributed by atoms with van der Waals surface area (Å²) in [7, 11) is 3.89. The molecule has 0 spiro atoms. The first kappa shape index (κ1) is 46.8. The fourth-order valence-corrected chi connectivity index (χ4v) is 11.3. The molecule has 7 atom stereocenters. The lowest BCUT2D eigenvalue weighted by atomic mass is 9.84. The first-order valence-electron chi connectivity index (χ1n) is 23.9. The largest absolute Gasteiger partial charge is 0.464 e. The lowest BCUT2D eigenvalue weighted by Crippen LogP contribution is -2.61. The van der Waals surface area contributed by atoms with Gasteiger partial charge in [-0.3, -0.25) is 29.4 Å². The van der Waals surface area contributed by atoms with Crippen LogP contribution >= 0.6 is 11.3 Å². The summed E-state index contributed by atoms with van der Waals surface area (Å²) in [5, 5.41) is 8.24. The number of benzene rings is 1. The van der Waals surface area contributed by atoms with Gasteiger partial charge >= 0.3 is 5.97 Å². The minimum absolute atomic E-state index is 0.0350. The molecule has 16 heteroatoms. The number of piperazine rings is 1. The Hall–Kier alpha value is -5.26. The minimum Gasteiger partial charge on any atom is -0.464 e. The first-order valence-corrected chi connectivity index (χ1v) is 24.8. The van der Waals surface area contributed by atoms with Crippen LogP contribution in [0.1, 0.15) is 94.5 Å². The van der Waals surface area contributed by atoms with E-state index in [2.05, 4.69) is 82.2 Å². The van der Waals surface area contributed by atoms with E-state index in [-0.39, 0.29) is 43.0 Å². The number of pyridine rings is 2. The average Bonchev–Trinajstić information content (AvgIpc) is 3.62. The van der Waals surface area contributed by atoms with Gasteiger partial charge in [0.1, 0.15) is 23.2 Å². The van der Waals surface area contributed by atoms with Crippen LogP contribution in [0.15, 0.2) is 60.2 Å². The quantitative estimate of drug-likeness (QED) is 0.140. The maximum Gasteiger partial charge on any atom is 0.324 e. The number of aromatic nitrogens is 4. The Labute approximate surface area is 397 Å². The number of amides is 2. The van der Waals surface area contributed by atoms with Crippen molar-refractivity contribution in [3.8, 4) is 22.5 Å². The molecule has 9 rings (SSSR count). The summed E-state index contributed by atoms with van der Waals surface area (Å²) < 4.78 is 21.0. The molecule has 7 heterocycles. The number of carbonyl (C=O) groups excluding carboxylic acids is 3. The van der Waals surface area contributed by atoms with Gasteiger partial charge in [-0.15, -0.1) is 11.3 Å². The zero-order chi connectivity index (χ0) is 47.1. The molecular formula is C51H65N9O6S. The molecular weight excluding hydrogens is 867 g/mol. The van der Waals surface area contributed by atoms with E-state index in [4.69, 9.17) is 24.2 Å². The number of ether oxygens (including phenoxy) is 3. The van der Waals surface area contributed by atoms with Crippen molar-refractivity contribution in [1.82, 2.24) is 40.2 Å². The van der Waals surface area contributed by atoms with Gasteiger partial charge < -0.3 is 33.9 Å². The number of nitrogens with one attached hydrogen (secondary N) is 2. The second-order valence-electron chi connectivity index (χ2n) is 19.5. The highest BCUT2D eigenvalue weighted by Gasteiger charge is 2.54. The number of cyclic esters (lactones) is 1. The van der Waals surface area contributed by atoms with E-state index in [0.29, 0.717) is 37.4 Å². The number of methoxy groups -OCH3 is 1. The van der Waals surface area contributed by atoms with E-state index in [1.165, 1.54) is 16.3 Å². The van der Waals surface area contributed by atoms with Crippen molar-refractivity contribution in [3.05, 3.63) is 82.2 Å². The number of likely N-dealkylation sites (N-methyl/N-ethyl adjacent to an activating group) is 1. The number of esters is 1. The maximum atomic E-state index is 14.9. The molecule has 0 radical (unpaired) electrons. The van der Waals surface area contributed by atoms with E-state index < -0.39 is 35.5 Å². The normalized spacial score (nSPS) is 25.1. The molecule has 1 saturated carbocycles. The number of fused-ring (bicyclic) bond motifs is 6. The topological polar surface area (TPSA) is 156 Å². The summed E-state index contributed by atoms with van der Waals surface area (Å²) in [6.45, 7) is 17.6. The number of rotatable bonds is 10. The van der Waals surface area contributed by atoms with Gasteiger partial charge in [0.25, 0.3) is 5.91 Å². The van der Waals surface area contributed by atoms with Crippen LogP contribution in [-0.4, -0.2) is 119 Å². The van der Waals surface area contributed by atoms with Crippen LogP contribution in [0, 0.1) is 17.3 Å². The molecule has 3 aliphatic heterocycles. The van der Waals surface area contributed by atoms with Crippen molar-refractivity contribution in [2.24, 2.45) is 17.3 Å². The molecule has 356 valence electrons. The molecule has 6 bridgehead atoms. The Morgan fingerprint density at radius 3 is 2.61 bits per heavy atom. The van der Waals surface area contributed by atoms with Gasteiger partial charge in [0.15, 0.2) is 0 Å². The third-order valence-corrected chi connectivity index (χ3v) is 15.1. The highest BCUT2D eigenvalue weighted by atomic mass is 32.1. The smallest absolute Gasteiger partial charge is 0.324 e. The number of carbonyl (C=O) groups is 3. The predicted octanol–water partition coefficient (Wildman–Crippen LogP) is 6.93. The SMILES string of the molecule is CCO[C@@H]1c2nc(cs2)-c2ccc3c(c2)c(c(-c2cc(N4CCN(C)CC4)cnc2[C@H](C)OC)n3CC)CC(C)(C)COC(=O)[C@@H]2CCCN(N2)C(=O)[C@H]1NC(=O)[C@@H]1[C@@H](C)[C@H]1c1ccccn1. The summed E-state index contributed by atoms with van der Waals surface area (Å²) in [6.07, 6.45) is 4.17. The first-order chi connectivity index (χ1) is 32.3. The van der Waals surface area contributed by atoms with Crippen molar-refractivity contribution < 1.29 is 28.6 Å². The van der Waals surface area contributed by atoms with E-state index in [9.17, 15) is 14.4 Å². The molecule has 2 amide bonds. The van der Waals surface area contributed by atoms with Gasteiger partial charge in [-0.25, -0.2) is 10.4 Å². The van der Waals surface area contributed by atoms with Crippen molar-refractivity contribution in [3.63, 3.8) is 0 Å². The van der Waals surface area contributed by atoms with Crippen LogP contribution in [-0.2, 0) is 41.6 Å². The average molecular weight is 932 g/mol. The van der Waals surface area contributed by atoms with Gasteiger partial charge in [-0.05, 0) is 88.9 Å². The van der Waals surface area contributed by atoms with Crippen molar-refractivity contribution in [2.45, 2.75) is 97.6 Å². The maximum absolute atomic E-state index is 14.9. The number of anilines is 1. The predicted molar refractivity (Wildman–Crippen MR) is 259 cm³/mol. The van der Waals surface area contributed by atoms with Crippen LogP contribution in [0.3, 0.4) is 0 Å². The van der Waals surface area contributed by atoms with Crippen LogP contribution in [0.4, 0.5) is 5.69 Å². The number of hydrogen-bond acceptors (Lipinski definition) is 13. The Morgan fingerprint density at radius 2 is 1.88 bits per heavy atom. The van der Waals surface area contributed by atoms with Gasteiger partial charge in [0.05, 0.1) is 41.7 Å². The number of aryl methyl sites for hydroxylation is 1. The van der Waals surface area contributed by atoms with Gasteiger partial charge in [-0.2, -0.15) is 0 Å². The number of nitrogens with zero attached hydrogens (tertiary/aromatic N) is 7. The van der Waals surface area contributed by atoms with E-state index >= 15 is 0 Å². The van der Waals surface area contributed by atoms with Gasteiger partial charge in [0, 0.05) is 110 Å². The van der Waals surface area contributed by atoms with Crippen LogP contribution in [0.5, 0.6) is 0 Å². The van der Waals surface area contributed by atoms with Gasteiger partial charge in [-0.1, -0.05) is 32.9 Å². The third kappa shape index (κ3) is 9.35. The molecule has 1 aliphatic carbocycles. The second-order valence-corrected chi connectivity index (χ2v) is 20.3. The number of hydrazine groups is 1. The summed E-state index contributed by atoms with van der Waals surface area (Å²) in [5.41, 5.74) is 11.4. The van der Waals surface area contributed by atoms with Crippen LogP contribution in [0.25, 0.3) is 33.4 Å². The minimum atomic E-state index is -1.14. The third-order valence-electron chi connectivity index (χ3n) is 14.2. The van der Waals surface area contributed by atoms with Crippen molar-refractivity contribution in [1.29, 1.82) is 0 Å². The van der Waals surface area contributed by atoms with Crippen LogP contribution < -0.4 is 15.6 Å². The molecule has 15 nitrogen and oxygen atoms in total. The summed E-state index contributed by atoms with van der Waals surface area (Å²) >= 11 is 1.40. The molecule has 5 aromatic rings. The molecule has 3 fully saturated rings. The van der Waals surface area contributed by atoms with Gasteiger partial charge in [0.2, 0.25) is 5.91 Å². The van der Waals surface area contributed by atoms with E-state index in [1.807, 2.05) is 50.5 Å². The highest BCUT2D eigenvalue weighted by Crippen LogP contribution is 2.53. The summed E-state index contributed by atoms with van der Waals surface area (Å²) in [6, 6.07) is 12.6. The van der Waals surface area contributed by atoms with E-state index in [0.717, 1.165) is 82.2 Å². The van der Waals surface area contributed by atoms with Crippen molar-refractivity contribution in [2.75, 3.05) is 65.0 Å². The summed E-state index contributed by atoms with van der Waals surface area (Å²) in [5.74, 6) is -1.49. The molecule has 67 heavy (non-hydrogen) atoms. The Morgan fingerprint density at radius 1 is 1.07 bits per heavy atom.